The van der Waals surface area contributed by atoms with E-state index in [9.17, 15) is 4.79 Å². The summed E-state index contributed by atoms with van der Waals surface area (Å²) in [6.07, 6.45) is 0.903. The van der Waals surface area contributed by atoms with Gasteiger partial charge >= 0.3 is 0 Å². The molecule has 7 heteroatoms. The second-order valence-electron chi connectivity index (χ2n) is 6.39. The Labute approximate surface area is 157 Å². The van der Waals surface area contributed by atoms with Crippen LogP contribution in [0.4, 0.5) is 0 Å². The van der Waals surface area contributed by atoms with Crippen LogP contribution < -0.4 is 5.32 Å². The topological polar surface area (TPSA) is 72.7 Å². The van der Waals surface area contributed by atoms with E-state index >= 15 is 0 Å². The van der Waals surface area contributed by atoms with E-state index in [2.05, 4.69) is 46.6 Å². The number of amides is 1. The third-order valence-corrected chi connectivity index (χ3v) is 5.53. The Balaban J connectivity index is 1.95. The van der Waals surface area contributed by atoms with Crippen LogP contribution in [0.25, 0.3) is 16.4 Å². The summed E-state index contributed by atoms with van der Waals surface area (Å²) < 4.78 is 1.81. The molecule has 0 saturated carbocycles. The van der Waals surface area contributed by atoms with Gasteiger partial charge in [-0.05, 0) is 57.4 Å². The molecule has 26 heavy (non-hydrogen) atoms. The van der Waals surface area contributed by atoms with E-state index in [1.807, 2.05) is 31.5 Å². The normalized spacial score (nSPS) is 11.0. The Hall–Kier alpha value is -2.54. The fourth-order valence-electron chi connectivity index (χ4n) is 2.66. The van der Waals surface area contributed by atoms with Crippen LogP contribution in [0.1, 0.15) is 45.5 Å². The van der Waals surface area contributed by atoms with Crippen molar-refractivity contribution in [1.82, 2.24) is 25.3 Å². The first-order valence-corrected chi connectivity index (χ1v) is 9.50. The van der Waals surface area contributed by atoms with Gasteiger partial charge in [0.1, 0.15) is 15.6 Å². The standard InChI is InChI=1S/C19H23N5OS/c1-6-9-20-18(25)17-13(4)21-19(26-17)16-14(5)24(23-22-16)15-8-7-11(2)12(3)10-15/h7-8,10H,6,9H2,1-5H3,(H,20,25). The minimum Gasteiger partial charge on any atom is -0.351 e. The smallest absolute Gasteiger partial charge is 0.263 e. The second-order valence-corrected chi connectivity index (χ2v) is 7.39. The van der Waals surface area contributed by atoms with Gasteiger partial charge < -0.3 is 5.32 Å². The van der Waals surface area contributed by atoms with Gasteiger partial charge in [0.15, 0.2) is 0 Å². The van der Waals surface area contributed by atoms with Crippen molar-refractivity contribution < 1.29 is 4.79 Å². The number of carbonyl (C=O) groups excluding carboxylic acids is 1. The van der Waals surface area contributed by atoms with Crippen LogP contribution in [0.15, 0.2) is 18.2 Å². The molecule has 0 bridgehead atoms. The summed E-state index contributed by atoms with van der Waals surface area (Å²) in [6, 6.07) is 6.21. The summed E-state index contributed by atoms with van der Waals surface area (Å²) in [6.45, 7) is 10.7. The fraction of sp³-hybridized carbons (Fsp3) is 0.368. The zero-order chi connectivity index (χ0) is 18.8. The molecule has 0 atom stereocenters. The van der Waals surface area contributed by atoms with Gasteiger partial charge in [-0.15, -0.1) is 16.4 Å². The van der Waals surface area contributed by atoms with E-state index in [0.29, 0.717) is 17.1 Å². The van der Waals surface area contributed by atoms with Gasteiger partial charge in [-0.3, -0.25) is 4.79 Å². The predicted molar refractivity (Wildman–Crippen MR) is 104 cm³/mol. The maximum absolute atomic E-state index is 12.3. The maximum atomic E-state index is 12.3. The molecule has 2 aromatic heterocycles. The Morgan fingerprint density at radius 3 is 2.65 bits per heavy atom. The van der Waals surface area contributed by atoms with Crippen LogP contribution >= 0.6 is 11.3 Å². The Morgan fingerprint density at radius 2 is 1.96 bits per heavy atom. The molecular formula is C19H23N5OS. The van der Waals surface area contributed by atoms with Crippen molar-refractivity contribution in [3.63, 3.8) is 0 Å². The highest BCUT2D eigenvalue weighted by molar-refractivity contribution is 7.17. The molecule has 0 aliphatic heterocycles. The summed E-state index contributed by atoms with van der Waals surface area (Å²) in [7, 11) is 0. The average Bonchev–Trinajstić information content (AvgIpc) is 3.18. The largest absolute Gasteiger partial charge is 0.351 e. The Morgan fingerprint density at radius 1 is 1.19 bits per heavy atom. The summed E-state index contributed by atoms with van der Waals surface area (Å²) in [5.74, 6) is -0.0766. The molecule has 0 aliphatic carbocycles. The molecule has 136 valence electrons. The minimum atomic E-state index is -0.0766. The maximum Gasteiger partial charge on any atom is 0.263 e. The summed E-state index contributed by atoms with van der Waals surface area (Å²) in [5.41, 5.74) is 5.76. The fourth-order valence-corrected chi connectivity index (χ4v) is 3.68. The van der Waals surface area contributed by atoms with Crippen LogP contribution in [0.5, 0.6) is 0 Å². The van der Waals surface area contributed by atoms with Crippen molar-refractivity contribution >= 4 is 17.2 Å². The molecule has 0 unspecified atom stereocenters. The van der Waals surface area contributed by atoms with E-state index in [-0.39, 0.29) is 5.91 Å². The van der Waals surface area contributed by atoms with Crippen molar-refractivity contribution in [1.29, 1.82) is 0 Å². The third-order valence-electron chi connectivity index (χ3n) is 4.37. The molecule has 1 aromatic carbocycles. The van der Waals surface area contributed by atoms with Gasteiger partial charge in [-0.2, -0.15) is 0 Å². The molecule has 2 heterocycles. The van der Waals surface area contributed by atoms with Crippen LogP contribution in [-0.4, -0.2) is 32.4 Å². The molecule has 3 aromatic rings. The van der Waals surface area contributed by atoms with Crippen LogP contribution in [0.3, 0.4) is 0 Å². The predicted octanol–water partition coefficient (Wildman–Crippen LogP) is 3.76. The van der Waals surface area contributed by atoms with E-state index in [1.54, 1.807) is 0 Å². The van der Waals surface area contributed by atoms with Crippen molar-refractivity contribution in [2.75, 3.05) is 6.54 Å². The van der Waals surface area contributed by atoms with Crippen molar-refractivity contribution in [2.24, 2.45) is 0 Å². The molecule has 6 nitrogen and oxygen atoms in total. The number of hydrogen-bond acceptors (Lipinski definition) is 5. The van der Waals surface area contributed by atoms with Crippen molar-refractivity contribution in [2.45, 2.75) is 41.0 Å². The lowest BCUT2D eigenvalue weighted by Crippen LogP contribution is -2.23. The highest BCUT2D eigenvalue weighted by Crippen LogP contribution is 2.29. The first kappa shape index (κ1) is 18.3. The Bertz CT molecular complexity index is 957. The number of hydrogen-bond donors (Lipinski definition) is 1. The number of rotatable bonds is 5. The number of nitrogens with zero attached hydrogens (tertiary/aromatic N) is 4. The lowest BCUT2D eigenvalue weighted by atomic mass is 10.1. The number of aryl methyl sites for hydroxylation is 3. The number of nitrogens with one attached hydrogen (secondary N) is 1. The molecule has 0 fully saturated rings. The van der Waals surface area contributed by atoms with Gasteiger partial charge in [0.05, 0.1) is 17.1 Å². The molecular weight excluding hydrogens is 346 g/mol. The highest BCUT2D eigenvalue weighted by Gasteiger charge is 2.20. The van der Waals surface area contributed by atoms with Gasteiger partial charge in [0, 0.05) is 6.54 Å². The zero-order valence-electron chi connectivity index (χ0n) is 15.8. The number of thiazole rings is 1. The third kappa shape index (κ3) is 3.39. The monoisotopic (exact) mass is 369 g/mol. The number of carbonyl (C=O) groups is 1. The molecule has 0 saturated heterocycles. The molecule has 1 N–H and O–H groups in total. The zero-order valence-corrected chi connectivity index (χ0v) is 16.6. The SMILES string of the molecule is CCCNC(=O)c1sc(-c2nnn(-c3ccc(C)c(C)c3)c2C)nc1C. The minimum absolute atomic E-state index is 0.0766. The van der Waals surface area contributed by atoms with Gasteiger partial charge in [0.2, 0.25) is 0 Å². The average molecular weight is 369 g/mol. The molecule has 0 radical (unpaired) electrons. The van der Waals surface area contributed by atoms with Crippen LogP contribution in [0, 0.1) is 27.7 Å². The van der Waals surface area contributed by atoms with E-state index in [1.165, 1.54) is 22.5 Å². The van der Waals surface area contributed by atoms with E-state index in [0.717, 1.165) is 28.5 Å². The summed E-state index contributed by atoms with van der Waals surface area (Å²) in [4.78, 5) is 17.5. The summed E-state index contributed by atoms with van der Waals surface area (Å²) in [5, 5.41) is 12.2. The first-order valence-electron chi connectivity index (χ1n) is 8.68. The highest BCUT2D eigenvalue weighted by atomic mass is 32.1. The number of aromatic nitrogens is 4. The van der Waals surface area contributed by atoms with Gasteiger partial charge in [0.25, 0.3) is 5.91 Å². The molecule has 1 amide bonds. The second kappa shape index (κ2) is 7.37. The lowest BCUT2D eigenvalue weighted by molar-refractivity contribution is 0.0957. The van der Waals surface area contributed by atoms with Gasteiger partial charge in [-0.1, -0.05) is 18.2 Å². The van der Waals surface area contributed by atoms with Crippen LogP contribution in [0.2, 0.25) is 0 Å². The summed E-state index contributed by atoms with van der Waals surface area (Å²) >= 11 is 1.36. The lowest BCUT2D eigenvalue weighted by Gasteiger charge is -2.06. The van der Waals surface area contributed by atoms with Crippen LogP contribution in [-0.2, 0) is 0 Å². The van der Waals surface area contributed by atoms with E-state index < -0.39 is 0 Å². The molecule has 0 spiro atoms. The van der Waals surface area contributed by atoms with Crippen molar-refractivity contribution in [3.05, 3.63) is 45.6 Å². The van der Waals surface area contributed by atoms with Crippen molar-refractivity contribution in [3.8, 4) is 16.4 Å². The molecule has 3 rings (SSSR count). The number of benzene rings is 1. The molecule has 0 aliphatic rings. The van der Waals surface area contributed by atoms with E-state index in [4.69, 9.17) is 0 Å². The Kier molecular flexibility index (Phi) is 5.18. The first-order chi connectivity index (χ1) is 12.4. The quantitative estimate of drug-likeness (QED) is 0.743. The van der Waals surface area contributed by atoms with Gasteiger partial charge in [-0.25, -0.2) is 9.67 Å².